The normalized spacial score (nSPS) is 23.6. The van der Waals surface area contributed by atoms with Crippen molar-refractivity contribution in [1.29, 1.82) is 0 Å². The highest BCUT2D eigenvalue weighted by Crippen LogP contribution is 2.55. The molecule has 0 spiro atoms. The van der Waals surface area contributed by atoms with Crippen LogP contribution in [0, 0.1) is 0 Å². The number of hydrogen-bond acceptors (Lipinski definition) is 6. The van der Waals surface area contributed by atoms with E-state index in [1.54, 1.807) is 57.2 Å². The molecule has 3 N–H and O–H groups in total. The Morgan fingerprint density at radius 3 is 2.44 bits per heavy atom. The van der Waals surface area contributed by atoms with Gasteiger partial charge in [-0.2, -0.15) is 4.72 Å². The first kappa shape index (κ1) is 26.5. The second-order valence-electron chi connectivity index (χ2n) is 9.75. The molecule has 2 aromatic carbocycles. The molecule has 192 valence electrons. The van der Waals surface area contributed by atoms with Gasteiger partial charge in [-0.15, -0.1) is 11.8 Å². The number of halogens is 1. The van der Waals surface area contributed by atoms with E-state index in [4.69, 9.17) is 16.3 Å². The van der Waals surface area contributed by atoms with Crippen molar-refractivity contribution in [2.24, 2.45) is 0 Å². The molecule has 0 aromatic heterocycles. The smallest absolute Gasteiger partial charge is 0.412 e. The maximum Gasteiger partial charge on any atom is 0.412 e. The number of rotatable bonds is 7. The topological polar surface area (TPSA) is 122 Å². The predicted octanol–water partition coefficient (Wildman–Crippen LogP) is 5.42. The van der Waals surface area contributed by atoms with Crippen LogP contribution in [0.4, 0.5) is 10.5 Å². The first-order valence-electron chi connectivity index (χ1n) is 11.3. The Kier molecular flexibility index (Phi) is 7.18. The van der Waals surface area contributed by atoms with Crippen LogP contribution in [0.25, 0.3) is 4.91 Å². The summed E-state index contributed by atoms with van der Waals surface area (Å²) in [5.74, 6) is -1.93. The fraction of sp³-hybridized carbons (Fsp3) is 0.360. The summed E-state index contributed by atoms with van der Waals surface area (Å²) in [6.45, 7) is 5.20. The summed E-state index contributed by atoms with van der Waals surface area (Å²) < 4.78 is 33.5. The van der Waals surface area contributed by atoms with Gasteiger partial charge < -0.3 is 9.84 Å². The summed E-state index contributed by atoms with van der Waals surface area (Å²) in [5.41, 5.74) is -0.666. The number of nitrogens with one attached hydrogen (secondary N) is 2. The number of carbonyl (C=O) groups is 2. The van der Waals surface area contributed by atoms with Gasteiger partial charge in [-0.25, -0.2) is 13.2 Å². The number of aliphatic carboxylic acids is 1. The molecule has 1 fully saturated rings. The number of thioether (sulfide) groups is 1. The largest absolute Gasteiger partial charge is 0.480 e. The van der Waals surface area contributed by atoms with Gasteiger partial charge in [0.1, 0.15) is 15.7 Å². The quantitative estimate of drug-likeness (QED) is 0.420. The molecule has 1 aliphatic heterocycles. The molecule has 0 radical (unpaired) electrons. The van der Waals surface area contributed by atoms with Crippen LogP contribution in [0.1, 0.15) is 50.7 Å². The lowest BCUT2D eigenvalue weighted by Crippen LogP contribution is -2.47. The van der Waals surface area contributed by atoms with Crippen molar-refractivity contribution < 1.29 is 27.9 Å². The summed E-state index contributed by atoms with van der Waals surface area (Å²) >= 11 is 7.11. The third kappa shape index (κ3) is 5.72. The van der Waals surface area contributed by atoms with Crippen LogP contribution in [0.15, 0.2) is 54.6 Å². The van der Waals surface area contributed by atoms with Gasteiger partial charge in [0.25, 0.3) is 0 Å². The molecule has 1 saturated carbocycles. The van der Waals surface area contributed by atoms with E-state index in [0.29, 0.717) is 16.3 Å². The van der Waals surface area contributed by atoms with Gasteiger partial charge in [0, 0.05) is 21.5 Å². The first-order valence-corrected chi connectivity index (χ1v) is 14.1. The molecule has 3 unspecified atom stereocenters. The van der Waals surface area contributed by atoms with Crippen LogP contribution in [0.5, 0.6) is 0 Å². The van der Waals surface area contributed by atoms with Crippen molar-refractivity contribution >= 4 is 56.0 Å². The highest BCUT2D eigenvalue weighted by atomic mass is 35.5. The molecule has 11 heteroatoms. The number of carboxylic acids is 1. The number of amides is 1. The third-order valence-electron chi connectivity index (χ3n) is 5.87. The van der Waals surface area contributed by atoms with Crippen LogP contribution in [0.3, 0.4) is 0 Å². The van der Waals surface area contributed by atoms with Gasteiger partial charge in [0.2, 0.25) is 10.0 Å². The minimum absolute atomic E-state index is 0.0590. The Labute approximate surface area is 219 Å². The van der Waals surface area contributed by atoms with E-state index in [1.165, 1.54) is 11.8 Å². The summed E-state index contributed by atoms with van der Waals surface area (Å²) in [5, 5.41) is 13.3. The van der Waals surface area contributed by atoms with E-state index >= 15 is 0 Å². The number of sulfonamides is 1. The number of carboxylic acid groups (broad SMARTS) is 1. The molecule has 1 heterocycles. The Hall–Kier alpha value is -2.53. The van der Waals surface area contributed by atoms with Gasteiger partial charge in [-0.1, -0.05) is 48.0 Å². The SMILES string of the molecule is CC(C)(C)OC(=O)Nc1ccccc1C1CC1(NS(=O)(=O)C1CC=C(c2ccc(Cl)cc2)S1)C(=O)O. The van der Waals surface area contributed by atoms with E-state index < -0.39 is 43.7 Å². The number of carbonyl (C=O) groups excluding carboxylic acids is 1. The van der Waals surface area contributed by atoms with Crippen molar-refractivity contribution in [3.63, 3.8) is 0 Å². The van der Waals surface area contributed by atoms with Crippen molar-refractivity contribution in [2.45, 2.75) is 55.3 Å². The Morgan fingerprint density at radius 1 is 1.14 bits per heavy atom. The average molecular weight is 551 g/mol. The molecule has 0 saturated heterocycles. The number of allylic oxidation sites excluding steroid dienone is 1. The number of ether oxygens (including phenoxy) is 1. The Morgan fingerprint density at radius 2 is 1.81 bits per heavy atom. The van der Waals surface area contributed by atoms with E-state index in [-0.39, 0.29) is 12.8 Å². The van der Waals surface area contributed by atoms with Gasteiger partial charge in [0.05, 0.1) is 0 Å². The van der Waals surface area contributed by atoms with Crippen LogP contribution >= 0.6 is 23.4 Å². The molecule has 3 atom stereocenters. The zero-order chi connectivity index (χ0) is 26.3. The van der Waals surface area contributed by atoms with Gasteiger partial charge in [0.15, 0.2) is 0 Å². The summed E-state index contributed by atoms with van der Waals surface area (Å²) in [4.78, 5) is 25.4. The fourth-order valence-corrected chi connectivity index (χ4v) is 7.44. The van der Waals surface area contributed by atoms with E-state index in [2.05, 4.69) is 10.0 Å². The van der Waals surface area contributed by atoms with Crippen molar-refractivity contribution in [1.82, 2.24) is 4.72 Å². The standard InChI is InChI=1S/C25H27ClN2O6S2/c1-24(2,3)34-23(31)27-19-7-5-4-6-17(19)18-14-25(18,22(29)30)28-36(32,33)21-13-12-20(35-21)15-8-10-16(26)11-9-15/h4-12,18,21,28H,13-14H2,1-3H3,(H,27,31)(H,29,30). The van der Waals surface area contributed by atoms with Crippen LogP contribution in [-0.4, -0.2) is 41.3 Å². The second kappa shape index (κ2) is 9.74. The van der Waals surface area contributed by atoms with Gasteiger partial charge in [-0.05, 0) is 62.9 Å². The first-order chi connectivity index (χ1) is 16.8. The maximum absolute atomic E-state index is 13.3. The van der Waals surface area contributed by atoms with Crippen molar-refractivity contribution in [3.05, 3.63) is 70.8 Å². The number of hydrogen-bond donors (Lipinski definition) is 3. The number of benzene rings is 2. The third-order valence-corrected chi connectivity index (χ3v) is 9.81. The Bertz CT molecular complexity index is 1320. The predicted molar refractivity (Wildman–Crippen MR) is 142 cm³/mol. The lowest BCUT2D eigenvalue weighted by Gasteiger charge is -2.21. The number of anilines is 1. The molecule has 1 amide bonds. The highest BCUT2D eigenvalue weighted by molar-refractivity contribution is 8.18. The van der Waals surface area contributed by atoms with Crippen molar-refractivity contribution in [3.8, 4) is 0 Å². The van der Waals surface area contributed by atoms with E-state index in [1.807, 2.05) is 18.2 Å². The van der Waals surface area contributed by atoms with Crippen LogP contribution in [-0.2, 0) is 19.6 Å². The minimum Gasteiger partial charge on any atom is -0.480 e. The molecule has 2 aromatic rings. The number of para-hydroxylation sites is 1. The lowest BCUT2D eigenvalue weighted by molar-refractivity contribution is -0.140. The molecule has 36 heavy (non-hydrogen) atoms. The van der Waals surface area contributed by atoms with Crippen LogP contribution in [0.2, 0.25) is 5.02 Å². The van der Waals surface area contributed by atoms with Crippen molar-refractivity contribution in [2.75, 3.05) is 5.32 Å². The van der Waals surface area contributed by atoms with E-state index in [9.17, 15) is 23.1 Å². The minimum atomic E-state index is -4.01. The Balaban J connectivity index is 1.50. The highest BCUT2D eigenvalue weighted by Gasteiger charge is 2.64. The summed E-state index contributed by atoms with van der Waals surface area (Å²) in [7, 11) is -4.01. The maximum atomic E-state index is 13.3. The molecular formula is C25H27ClN2O6S2. The molecular weight excluding hydrogens is 524 g/mol. The van der Waals surface area contributed by atoms with Gasteiger partial charge >= 0.3 is 12.1 Å². The summed E-state index contributed by atoms with van der Waals surface area (Å²) in [6, 6.07) is 13.8. The molecule has 8 nitrogen and oxygen atoms in total. The zero-order valence-corrected chi connectivity index (χ0v) is 22.3. The second-order valence-corrected chi connectivity index (χ2v) is 13.6. The lowest BCUT2D eigenvalue weighted by atomic mass is 10.0. The molecule has 1 aliphatic carbocycles. The van der Waals surface area contributed by atoms with Gasteiger partial charge in [-0.3, -0.25) is 10.1 Å². The fourth-order valence-electron chi connectivity index (χ4n) is 4.11. The summed E-state index contributed by atoms with van der Waals surface area (Å²) in [6.07, 6.45) is 1.45. The van der Waals surface area contributed by atoms with E-state index in [0.717, 1.165) is 10.5 Å². The molecule has 2 aliphatic rings. The molecule has 4 rings (SSSR count). The van der Waals surface area contributed by atoms with Crippen LogP contribution < -0.4 is 10.0 Å². The average Bonchev–Trinajstić information content (AvgIpc) is 3.25. The molecule has 0 bridgehead atoms. The monoisotopic (exact) mass is 550 g/mol. The zero-order valence-electron chi connectivity index (χ0n) is 19.9.